The van der Waals surface area contributed by atoms with Gasteiger partial charge in [-0.25, -0.2) is 0 Å². The second-order valence-corrected chi connectivity index (χ2v) is 13.1. The Bertz CT molecular complexity index is 883. The zero-order valence-electron chi connectivity index (χ0n) is 22.4. The van der Waals surface area contributed by atoms with Gasteiger partial charge in [0, 0.05) is 10.1 Å². The predicted molar refractivity (Wildman–Crippen MR) is 147 cm³/mol. The van der Waals surface area contributed by atoms with E-state index in [1.54, 1.807) is 0 Å². The first-order chi connectivity index (χ1) is 16.6. The number of aliphatic hydroxyl groups excluding tert-OH is 1. The van der Waals surface area contributed by atoms with E-state index in [0.29, 0.717) is 6.42 Å². The minimum absolute atomic E-state index is 0.00585. The maximum atomic E-state index is 13.0. The van der Waals surface area contributed by atoms with Gasteiger partial charge in [-0.15, -0.1) is 0 Å². The van der Waals surface area contributed by atoms with E-state index in [1.807, 2.05) is 65.8 Å². The molecule has 0 radical (unpaired) electrons. The van der Waals surface area contributed by atoms with E-state index >= 15 is 0 Å². The van der Waals surface area contributed by atoms with Crippen molar-refractivity contribution in [3.8, 4) is 0 Å². The third kappa shape index (κ3) is 11.6. The highest BCUT2D eigenvalue weighted by Gasteiger charge is 2.36. The van der Waals surface area contributed by atoms with Gasteiger partial charge in [0.05, 0.1) is 24.9 Å². The Labute approximate surface area is 229 Å². The summed E-state index contributed by atoms with van der Waals surface area (Å²) in [5.41, 5.74) is -0.00415. The number of ether oxygens (including phenoxy) is 2. The number of esters is 2. The average Bonchev–Trinajstić information content (AvgIpc) is 3.54. The van der Waals surface area contributed by atoms with Gasteiger partial charge in [0.15, 0.2) is 0 Å². The molecule has 1 fully saturated rings. The maximum absolute atomic E-state index is 13.0. The van der Waals surface area contributed by atoms with Crippen molar-refractivity contribution >= 4 is 40.4 Å². The quantitative estimate of drug-likeness (QED) is 0.259. The lowest BCUT2D eigenvalue weighted by atomic mass is 9.78. The molecular weight excluding hydrogens is 573 g/mol. The molecule has 0 aliphatic heterocycles. The van der Waals surface area contributed by atoms with Crippen molar-refractivity contribution in [2.24, 2.45) is 17.3 Å². The molecule has 202 valence electrons. The highest BCUT2D eigenvalue weighted by atomic mass is 127. The smallest absolute Gasteiger partial charge is 0.306 e. The Morgan fingerprint density at radius 1 is 1.03 bits per heavy atom. The third-order valence-electron chi connectivity index (χ3n) is 6.10. The minimum atomic E-state index is -0.815. The molecule has 36 heavy (non-hydrogen) atoms. The summed E-state index contributed by atoms with van der Waals surface area (Å²) in [7, 11) is 0. The van der Waals surface area contributed by atoms with Gasteiger partial charge in [-0.3, -0.25) is 14.4 Å². The summed E-state index contributed by atoms with van der Waals surface area (Å²) in [6.45, 7) is 11.5. The Balaban J connectivity index is 1.97. The lowest BCUT2D eigenvalue weighted by Gasteiger charge is -2.29. The van der Waals surface area contributed by atoms with Crippen molar-refractivity contribution in [3.05, 3.63) is 33.4 Å². The predicted octanol–water partition coefficient (Wildman–Crippen LogP) is 4.81. The fraction of sp³-hybridized carbons (Fsp3) is 0.679. The summed E-state index contributed by atoms with van der Waals surface area (Å²) in [6.07, 6.45) is 1.89. The van der Waals surface area contributed by atoms with E-state index in [2.05, 4.69) is 27.9 Å². The number of amides is 1. The summed E-state index contributed by atoms with van der Waals surface area (Å²) in [5, 5.41) is 13.9. The number of benzene rings is 1. The largest absolute Gasteiger partial charge is 0.462 e. The Morgan fingerprint density at radius 2 is 1.64 bits per heavy atom. The van der Waals surface area contributed by atoms with Gasteiger partial charge in [-0.2, -0.15) is 0 Å². The molecule has 2 N–H and O–H groups in total. The van der Waals surface area contributed by atoms with Crippen LogP contribution in [0, 0.1) is 20.8 Å². The lowest BCUT2D eigenvalue weighted by Crippen LogP contribution is -2.41. The van der Waals surface area contributed by atoms with Crippen LogP contribution in [0.15, 0.2) is 24.3 Å². The first kappa shape index (κ1) is 30.5. The van der Waals surface area contributed by atoms with Crippen molar-refractivity contribution < 1.29 is 29.0 Å². The molecule has 0 saturated heterocycles. The molecule has 0 spiro atoms. The molecule has 0 aromatic heterocycles. The SMILES string of the molecule is CC(C)(C)OC(=O)C[C@@H](Cc1ccc(I)cc1)[C@@H](O)CCNC(=O)[C@@H](CC(=O)OC1CC1)C(C)(C)C. The topological polar surface area (TPSA) is 102 Å². The Morgan fingerprint density at radius 3 is 2.17 bits per heavy atom. The molecule has 3 atom stereocenters. The van der Waals surface area contributed by atoms with Gasteiger partial charge in [0.25, 0.3) is 0 Å². The van der Waals surface area contributed by atoms with Crippen molar-refractivity contribution in [2.75, 3.05) is 6.54 Å². The number of hydrogen-bond acceptors (Lipinski definition) is 6. The second-order valence-electron chi connectivity index (χ2n) is 11.8. The van der Waals surface area contributed by atoms with Gasteiger partial charge in [-0.05, 0) is 98.1 Å². The van der Waals surface area contributed by atoms with Crippen LogP contribution >= 0.6 is 22.6 Å². The lowest BCUT2D eigenvalue weighted by molar-refractivity contribution is -0.157. The van der Waals surface area contributed by atoms with Crippen LogP contribution in [0.3, 0.4) is 0 Å². The Hall–Kier alpha value is -1.68. The van der Waals surface area contributed by atoms with Crippen LogP contribution in [0.25, 0.3) is 0 Å². The number of aliphatic hydroxyl groups is 1. The molecule has 0 bridgehead atoms. The van der Waals surface area contributed by atoms with Crippen LogP contribution in [0.1, 0.15) is 79.2 Å². The van der Waals surface area contributed by atoms with Crippen LogP contribution in [-0.4, -0.2) is 47.3 Å². The van der Waals surface area contributed by atoms with Crippen molar-refractivity contribution in [1.29, 1.82) is 0 Å². The van der Waals surface area contributed by atoms with Crippen molar-refractivity contribution in [1.82, 2.24) is 5.32 Å². The van der Waals surface area contributed by atoms with Crippen molar-refractivity contribution in [3.63, 3.8) is 0 Å². The molecule has 1 aromatic carbocycles. The number of carbonyl (C=O) groups excluding carboxylic acids is 3. The first-order valence-corrected chi connectivity index (χ1v) is 13.8. The van der Waals surface area contributed by atoms with Crippen molar-refractivity contribution in [2.45, 2.75) is 97.9 Å². The summed E-state index contributed by atoms with van der Waals surface area (Å²) >= 11 is 2.24. The molecule has 1 aliphatic rings. The standard InChI is InChI=1S/C28H42INO6/c1-27(2,3)22(17-24(32)35-21-11-12-21)26(34)30-14-13-23(31)19(16-25(33)36-28(4,5)6)15-18-7-9-20(29)10-8-18/h7-10,19,21-23,31H,11-17H2,1-6H3,(H,30,34)/t19-,22-,23+/m1/s1. The normalized spacial score (nSPS) is 16.6. The number of rotatable bonds is 12. The molecule has 1 amide bonds. The first-order valence-electron chi connectivity index (χ1n) is 12.8. The average molecular weight is 616 g/mol. The molecule has 1 aromatic rings. The van der Waals surface area contributed by atoms with Crippen LogP contribution in [-0.2, 0) is 30.3 Å². The molecule has 0 unspecified atom stereocenters. The number of hydrogen-bond donors (Lipinski definition) is 2. The molecule has 0 heterocycles. The van der Waals surface area contributed by atoms with Gasteiger partial charge < -0.3 is 19.9 Å². The molecule has 1 saturated carbocycles. The maximum Gasteiger partial charge on any atom is 0.306 e. The molecule has 7 nitrogen and oxygen atoms in total. The van der Waals surface area contributed by atoms with Gasteiger partial charge >= 0.3 is 11.9 Å². The summed E-state index contributed by atoms with van der Waals surface area (Å²) in [5.74, 6) is -1.83. The van der Waals surface area contributed by atoms with E-state index in [1.165, 1.54) is 0 Å². The monoisotopic (exact) mass is 615 g/mol. The van der Waals surface area contributed by atoms with E-state index < -0.39 is 23.0 Å². The van der Waals surface area contributed by atoms with Gasteiger partial charge in [0.1, 0.15) is 11.7 Å². The van der Waals surface area contributed by atoms with E-state index in [4.69, 9.17) is 9.47 Å². The third-order valence-corrected chi connectivity index (χ3v) is 6.82. The van der Waals surface area contributed by atoms with Gasteiger partial charge in [0.2, 0.25) is 5.91 Å². The molecule has 2 rings (SSSR count). The van der Waals surface area contributed by atoms with Crippen LogP contribution in [0.4, 0.5) is 0 Å². The Kier molecular flexibility index (Phi) is 11.2. The fourth-order valence-electron chi connectivity index (χ4n) is 3.95. The number of nitrogens with one attached hydrogen (secondary N) is 1. The van der Waals surface area contributed by atoms with E-state index in [9.17, 15) is 19.5 Å². The van der Waals surface area contributed by atoms with Gasteiger partial charge in [-0.1, -0.05) is 32.9 Å². The summed E-state index contributed by atoms with van der Waals surface area (Å²) in [4.78, 5) is 37.7. The highest BCUT2D eigenvalue weighted by molar-refractivity contribution is 14.1. The van der Waals surface area contributed by atoms with Crippen LogP contribution < -0.4 is 5.32 Å². The highest BCUT2D eigenvalue weighted by Crippen LogP contribution is 2.31. The second kappa shape index (κ2) is 13.2. The zero-order chi connectivity index (χ0) is 27.1. The summed E-state index contributed by atoms with van der Waals surface area (Å²) in [6, 6.07) is 7.97. The molecular formula is C28H42INO6. The molecule has 1 aliphatic carbocycles. The fourth-order valence-corrected chi connectivity index (χ4v) is 4.31. The number of halogens is 1. The minimum Gasteiger partial charge on any atom is -0.462 e. The molecule has 8 heteroatoms. The number of carbonyl (C=O) groups is 3. The summed E-state index contributed by atoms with van der Waals surface area (Å²) < 4.78 is 11.9. The van der Waals surface area contributed by atoms with Crippen LogP contribution in [0.5, 0.6) is 0 Å². The van der Waals surface area contributed by atoms with Crippen LogP contribution in [0.2, 0.25) is 0 Å². The van der Waals surface area contributed by atoms with E-state index in [-0.39, 0.29) is 55.7 Å². The van der Waals surface area contributed by atoms with E-state index in [0.717, 1.165) is 22.0 Å². The zero-order valence-corrected chi connectivity index (χ0v) is 24.6.